The van der Waals surface area contributed by atoms with E-state index in [-0.39, 0.29) is 23.8 Å². The van der Waals surface area contributed by atoms with Crippen LogP contribution in [0.1, 0.15) is 17.2 Å². The van der Waals surface area contributed by atoms with E-state index in [0.29, 0.717) is 10.8 Å². The molecule has 0 saturated carbocycles. The number of nitrogens with one attached hydrogen (secondary N) is 1. The summed E-state index contributed by atoms with van der Waals surface area (Å²) in [5.74, 6) is 0.0531. The van der Waals surface area contributed by atoms with Crippen LogP contribution >= 0.6 is 35.3 Å². The SMILES string of the molecule is NC1C(=O)N2CC(SCSc3cnn[nH]3)(C(=O)OC(c3ccccc3)c3ccccc3)CS[C@H]12. The third-order valence-corrected chi connectivity index (χ3v) is 10.0. The first-order valence-corrected chi connectivity index (χ1v) is 13.7. The van der Waals surface area contributed by atoms with Gasteiger partial charge in [0.1, 0.15) is 21.2 Å². The number of carbonyl (C=O) groups excluding carboxylic acids is 2. The Kier molecular flexibility index (Phi) is 6.87. The fourth-order valence-electron chi connectivity index (χ4n) is 3.98. The van der Waals surface area contributed by atoms with E-state index >= 15 is 0 Å². The van der Waals surface area contributed by atoms with Gasteiger partial charge in [-0.3, -0.25) is 14.7 Å². The molecule has 0 bridgehead atoms. The number of esters is 1. The van der Waals surface area contributed by atoms with Crippen LogP contribution in [0.4, 0.5) is 0 Å². The molecule has 2 aliphatic rings. The molecule has 11 heteroatoms. The Hall–Kier alpha value is -2.47. The van der Waals surface area contributed by atoms with Crippen molar-refractivity contribution in [3.63, 3.8) is 0 Å². The minimum absolute atomic E-state index is 0.0856. The number of aromatic nitrogens is 3. The molecule has 0 radical (unpaired) electrons. The van der Waals surface area contributed by atoms with Gasteiger partial charge in [-0.25, -0.2) is 0 Å². The molecule has 1 aromatic heterocycles. The molecule has 0 aliphatic carbocycles. The Labute approximate surface area is 209 Å². The lowest BCUT2D eigenvalue weighted by molar-refractivity contribution is -0.154. The summed E-state index contributed by atoms with van der Waals surface area (Å²) in [7, 11) is 0. The van der Waals surface area contributed by atoms with Crippen LogP contribution in [0.15, 0.2) is 71.9 Å². The van der Waals surface area contributed by atoms with E-state index < -0.39 is 16.9 Å². The highest BCUT2D eigenvalue weighted by atomic mass is 32.2. The van der Waals surface area contributed by atoms with Crippen LogP contribution in [0.2, 0.25) is 0 Å². The van der Waals surface area contributed by atoms with Crippen molar-refractivity contribution in [2.45, 2.75) is 27.3 Å². The van der Waals surface area contributed by atoms with Gasteiger partial charge >= 0.3 is 5.97 Å². The summed E-state index contributed by atoms with van der Waals surface area (Å²) < 4.78 is 5.32. The Balaban J connectivity index is 1.40. The van der Waals surface area contributed by atoms with Gasteiger partial charge in [0.15, 0.2) is 6.10 Å². The number of β-lactam (4-membered cyclic amide) rings is 1. The lowest BCUT2D eigenvalue weighted by Crippen LogP contribution is -2.73. The first kappa shape index (κ1) is 23.3. The van der Waals surface area contributed by atoms with Crippen molar-refractivity contribution >= 4 is 47.2 Å². The number of hydrogen-bond acceptors (Lipinski definition) is 9. The molecule has 2 aliphatic heterocycles. The molecule has 3 N–H and O–H groups in total. The number of aromatic amines is 1. The molecule has 2 aromatic carbocycles. The van der Waals surface area contributed by atoms with Crippen molar-refractivity contribution in [3.8, 4) is 0 Å². The molecule has 3 heterocycles. The minimum atomic E-state index is -0.917. The van der Waals surface area contributed by atoms with Gasteiger partial charge in [-0.05, 0) is 11.1 Å². The van der Waals surface area contributed by atoms with Crippen LogP contribution in [0.25, 0.3) is 0 Å². The van der Waals surface area contributed by atoms with Crippen LogP contribution < -0.4 is 5.73 Å². The molecule has 2 unspecified atom stereocenters. The maximum Gasteiger partial charge on any atom is 0.325 e. The fourth-order valence-corrected chi connectivity index (χ4v) is 8.12. The zero-order chi connectivity index (χ0) is 23.5. The smallest absolute Gasteiger partial charge is 0.325 e. The molecule has 3 aromatic rings. The molecule has 8 nitrogen and oxygen atoms in total. The van der Waals surface area contributed by atoms with Crippen LogP contribution in [0.5, 0.6) is 0 Å². The number of carbonyl (C=O) groups is 2. The number of H-pyrrole nitrogens is 1. The Morgan fingerprint density at radius 1 is 1.21 bits per heavy atom. The summed E-state index contributed by atoms with van der Waals surface area (Å²) in [6.45, 7) is 0.277. The minimum Gasteiger partial charge on any atom is -0.451 e. The number of benzene rings is 2. The van der Waals surface area contributed by atoms with E-state index in [1.54, 1.807) is 22.9 Å². The highest BCUT2D eigenvalue weighted by molar-refractivity contribution is 8.17. The first-order valence-electron chi connectivity index (χ1n) is 10.7. The van der Waals surface area contributed by atoms with Gasteiger partial charge in [0.2, 0.25) is 5.91 Å². The fraction of sp³-hybridized carbons (Fsp3) is 0.304. The van der Waals surface area contributed by atoms with E-state index in [2.05, 4.69) is 15.4 Å². The molecule has 5 rings (SSSR count). The summed E-state index contributed by atoms with van der Waals surface area (Å²) >= 11 is 4.53. The maximum atomic E-state index is 13.9. The second-order valence-corrected chi connectivity index (χ2v) is 11.9. The van der Waals surface area contributed by atoms with Crippen LogP contribution in [-0.2, 0) is 14.3 Å². The van der Waals surface area contributed by atoms with Crippen LogP contribution in [0.3, 0.4) is 0 Å². The largest absolute Gasteiger partial charge is 0.451 e. The van der Waals surface area contributed by atoms with Crippen molar-refractivity contribution < 1.29 is 14.3 Å². The molecule has 0 spiro atoms. The molecule has 3 atom stereocenters. The van der Waals surface area contributed by atoms with E-state index in [0.717, 1.165) is 16.2 Å². The maximum absolute atomic E-state index is 13.9. The Morgan fingerprint density at radius 3 is 2.50 bits per heavy atom. The highest BCUT2D eigenvalue weighted by Gasteiger charge is 2.57. The van der Waals surface area contributed by atoms with Gasteiger partial charge in [0, 0.05) is 17.4 Å². The van der Waals surface area contributed by atoms with E-state index in [9.17, 15) is 9.59 Å². The summed E-state index contributed by atoms with van der Waals surface area (Å²) in [5.41, 5.74) is 7.77. The van der Waals surface area contributed by atoms with E-state index in [1.165, 1.54) is 23.5 Å². The normalized spacial score (nSPS) is 23.9. The first-order chi connectivity index (χ1) is 16.6. The van der Waals surface area contributed by atoms with Gasteiger partial charge in [-0.15, -0.1) is 28.6 Å². The summed E-state index contributed by atoms with van der Waals surface area (Å²) in [6.07, 6.45) is 1.09. The third-order valence-electron chi connectivity index (χ3n) is 5.84. The molecule has 176 valence electrons. The van der Waals surface area contributed by atoms with Crippen molar-refractivity contribution in [3.05, 3.63) is 78.0 Å². The van der Waals surface area contributed by atoms with Crippen molar-refractivity contribution in [1.82, 2.24) is 20.3 Å². The van der Waals surface area contributed by atoms with Crippen molar-refractivity contribution in [1.29, 1.82) is 0 Å². The zero-order valence-electron chi connectivity index (χ0n) is 18.1. The van der Waals surface area contributed by atoms with Crippen LogP contribution in [0, 0.1) is 0 Å². The monoisotopic (exact) mass is 513 g/mol. The molecule has 1 amide bonds. The summed E-state index contributed by atoms with van der Waals surface area (Å²) in [5, 5.41) is 11.6. The quantitative estimate of drug-likeness (QED) is 0.203. The number of hydrogen-bond donors (Lipinski definition) is 2. The van der Waals surface area contributed by atoms with Gasteiger partial charge < -0.3 is 15.4 Å². The van der Waals surface area contributed by atoms with Gasteiger partial charge in [0.05, 0.1) is 6.20 Å². The van der Waals surface area contributed by atoms with Gasteiger partial charge in [-0.1, -0.05) is 77.6 Å². The average Bonchev–Trinajstić information content (AvgIpc) is 3.41. The molecular weight excluding hydrogens is 490 g/mol. The highest BCUT2D eigenvalue weighted by Crippen LogP contribution is 2.46. The van der Waals surface area contributed by atoms with E-state index in [1.807, 2.05) is 60.7 Å². The molecule has 2 saturated heterocycles. The average molecular weight is 514 g/mol. The number of nitrogens with zero attached hydrogens (tertiary/aromatic N) is 3. The third kappa shape index (κ3) is 4.57. The summed E-state index contributed by atoms with van der Waals surface area (Å²) in [4.78, 5) is 28.0. The number of amides is 1. The Morgan fingerprint density at radius 2 is 1.88 bits per heavy atom. The van der Waals surface area contributed by atoms with Gasteiger partial charge in [0.25, 0.3) is 0 Å². The number of rotatable bonds is 8. The lowest BCUT2D eigenvalue weighted by Gasteiger charge is -2.52. The van der Waals surface area contributed by atoms with E-state index in [4.69, 9.17) is 10.5 Å². The number of fused-ring (bicyclic) bond motifs is 1. The number of nitrogens with two attached hydrogens (primary N) is 1. The van der Waals surface area contributed by atoms with Crippen molar-refractivity contribution in [2.75, 3.05) is 17.4 Å². The molecule has 34 heavy (non-hydrogen) atoms. The predicted molar refractivity (Wildman–Crippen MR) is 134 cm³/mol. The molecule has 2 fully saturated rings. The summed E-state index contributed by atoms with van der Waals surface area (Å²) in [6, 6.07) is 18.9. The molecular formula is C23H23N5O3S3. The van der Waals surface area contributed by atoms with Gasteiger partial charge in [-0.2, -0.15) is 0 Å². The predicted octanol–water partition coefficient (Wildman–Crippen LogP) is 2.90. The topological polar surface area (TPSA) is 114 Å². The standard InChI is InChI=1S/C23H23N5O3S3/c24-18-20(29)28-12-23(13-32-21(18)28,34-14-33-17-11-25-27-26-17)22(30)31-19(15-7-3-1-4-8-15)16-9-5-2-6-10-16/h1-11,18-19,21H,12-14,24H2,(H,25,26,27)/t18?,21-,23?/m1/s1. The zero-order valence-corrected chi connectivity index (χ0v) is 20.5. The van der Waals surface area contributed by atoms with Crippen LogP contribution in [-0.4, -0.2) is 65.7 Å². The number of ether oxygens (including phenoxy) is 1. The Bertz CT molecular complexity index is 1100. The lowest BCUT2D eigenvalue weighted by atomic mass is 10.00. The van der Waals surface area contributed by atoms with Crippen molar-refractivity contribution in [2.24, 2.45) is 5.73 Å². The second-order valence-electron chi connectivity index (χ2n) is 8.02. The second kappa shape index (κ2) is 10.0. The number of thioether (sulfide) groups is 3.